The number of anilines is 1. The third-order valence-corrected chi connectivity index (χ3v) is 11.1. The molecule has 16 heteroatoms. The summed E-state index contributed by atoms with van der Waals surface area (Å²) in [5, 5.41) is 3.33. The zero-order valence-electron chi connectivity index (χ0n) is 28.1. The minimum absolute atomic E-state index is 0.0233. The topological polar surface area (TPSA) is 206 Å². The third kappa shape index (κ3) is 10.4. The molecule has 0 saturated heterocycles. The molecule has 1 aliphatic heterocycles. The summed E-state index contributed by atoms with van der Waals surface area (Å²) >= 11 is 0. The summed E-state index contributed by atoms with van der Waals surface area (Å²) in [4.78, 5) is 4.19. The van der Waals surface area contributed by atoms with Crippen molar-refractivity contribution >= 4 is 41.8 Å². The fourth-order valence-corrected chi connectivity index (χ4v) is 7.40. The van der Waals surface area contributed by atoms with E-state index in [1.54, 1.807) is 57.4 Å². The normalized spacial score (nSPS) is 19.4. The molecule has 0 spiro atoms. The lowest BCUT2D eigenvalue weighted by molar-refractivity contribution is 0.179. The number of fused-ring (bicyclic) bond motifs is 1. The second-order valence-corrected chi connectivity index (χ2v) is 16.6. The molecule has 0 bridgehead atoms. The molecule has 0 fully saturated rings. The highest BCUT2D eigenvalue weighted by molar-refractivity contribution is 7.86. The molecule has 2 atom stereocenters. The van der Waals surface area contributed by atoms with Crippen LogP contribution in [0.5, 0.6) is 0 Å². The van der Waals surface area contributed by atoms with Crippen LogP contribution in [0.15, 0.2) is 87.3 Å². The Bertz CT molecular complexity index is 1970. The van der Waals surface area contributed by atoms with E-state index in [9.17, 15) is 38.9 Å². The average molecular weight is 741 g/mol. The van der Waals surface area contributed by atoms with Gasteiger partial charge in [0.25, 0.3) is 30.4 Å². The molecule has 13 nitrogen and oxygen atoms in total. The molecular weight excluding hydrogens is 697 g/mol. The van der Waals surface area contributed by atoms with E-state index in [0.29, 0.717) is 41.1 Å². The Morgan fingerprint density at radius 3 is 2.16 bits per heavy atom. The summed E-state index contributed by atoms with van der Waals surface area (Å²) in [6.07, 6.45) is 9.46. The molecule has 0 aromatic heterocycles. The van der Waals surface area contributed by atoms with E-state index in [1.165, 1.54) is 31.4 Å². The van der Waals surface area contributed by atoms with Gasteiger partial charge in [0.2, 0.25) is 0 Å². The lowest BCUT2D eigenvalue weighted by Gasteiger charge is -2.33. The first kappa shape index (κ1) is 40.2. The quantitative estimate of drug-likeness (QED) is 0.0739. The predicted octanol–water partition coefficient (Wildman–Crippen LogP) is 4.92. The SMILES string of the molecule is COCCN=C(/C=C/C=C/C=C1/Nc2ccc(S(=O)(=O)O)cc2C1(C)CCOC)C(C)(CCCS(=O)(=O)O)c1cc(S(=O)(=O)O)ccc1C. The first-order valence-corrected chi connectivity index (χ1v) is 19.8. The van der Waals surface area contributed by atoms with Crippen molar-refractivity contribution in [3.63, 3.8) is 0 Å². The average Bonchev–Trinajstić information content (AvgIpc) is 3.28. The Balaban J connectivity index is 2.06. The molecular formula is C33H44N2O11S3. The molecule has 4 N–H and O–H groups in total. The predicted molar refractivity (Wildman–Crippen MR) is 188 cm³/mol. The van der Waals surface area contributed by atoms with Gasteiger partial charge in [0.15, 0.2) is 0 Å². The molecule has 1 heterocycles. The number of nitrogens with zero attached hydrogens (tertiary/aromatic N) is 1. The van der Waals surface area contributed by atoms with Crippen LogP contribution in [-0.2, 0) is 50.7 Å². The largest absolute Gasteiger partial charge is 0.385 e. The molecule has 0 amide bonds. The van der Waals surface area contributed by atoms with Crippen LogP contribution >= 0.6 is 0 Å². The van der Waals surface area contributed by atoms with Gasteiger partial charge in [-0.25, -0.2) is 0 Å². The highest BCUT2D eigenvalue weighted by atomic mass is 32.2. The summed E-state index contributed by atoms with van der Waals surface area (Å²) in [6, 6.07) is 8.54. The van der Waals surface area contributed by atoms with Crippen LogP contribution in [0, 0.1) is 6.92 Å². The van der Waals surface area contributed by atoms with E-state index >= 15 is 0 Å². The maximum Gasteiger partial charge on any atom is 0.294 e. The molecule has 2 aromatic rings. The number of aliphatic imine (C=N–C) groups is 1. The van der Waals surface area contributed by atoms with E-state index in [4.69, 9.17) is 14.5 Å². The van der Waals surface area contributed by atoms with Gasteiger partial charge in [0.05, 0.1) is 28.7 Å². The highest BCUT2D eigenvalue weighted by Gasteiger charge is 2.39. The number of hydrogen-bond donors (Lipinski definition) is 4. The maximum absolute atomic E-state index is 12.1. The maximum atomic E-state index is 12.1. The number of nitrogens with one attached hydrogen (secondary N) is 1. The molecule has 3 rings (SSSR count). The Kier molecular flexibility index (Phi) is 13.3. The van der Waals surface area contributed by atoms with Crippen LogP contribution in [0.3, 0.4) is 0 Å². The van der Waals surface area contributed by atoms with Gasteiger partial charge in [-0.2, -0.15) is 25.3 Å². The summed E-state index contributed by atoms with van der Waals surface area (Å²) in [5.74, 6) is -0.523. The van der Waals surface area contributed by atoms with Gasteiger partial charge in [-0.05, 0) is 99.2 Å². The van der Waals surface area contributed by atoms with Crippen LogP contribution in [0.1, 0.15) is 49.8 Å². The fourth-order valence-electron chi connectivity index (χ4n) is 5.87. The summed E-state index contributed by atoms with van der Waals surface area (Å²) < 4.78 is 110. The Hall–Kier alpha value is -3.22. The minimum Gasteiger partial charge on any atom is -0.385 e. The molecule has 270 valence electrons. The zero-order valence-corrected chi connectivity index (χ0v) is 30.5. The molecule has 0 saturated carbocycles. The van der Waals surface area contributed by atoms with Gasteiger partial charge in [-0.3, -0.25) is 18.7 Å². The van der Waals surface area contributed by atoms with Gasteiger partial charge in [0.1, 0.15) is 0 Å². The van der Waals surface area contributed by atoms with Crippen molar-refractivity contribution in [3.8, 4) is 0 Å². The molecule has 49 heavy (non-hydrogen) atoms. The van der Waals surface area contributed by atoms with E-state index in [2.05, 4.69) is 5.32 Å². The molecule has 0 radical (unpaired) electrons. The lowest BCUT2D eigenvalue weighted by Crippen LogP contribution is -2.34. The van der Waals surface area contributed by atoms with Crippen molar-refractivity contribution in [1.29, 1.82) is 0 Å². The van der Waals surface area contributed by atoms with Crippen LogP contribution in [0.25, 0.3) is 0 Å². The van der Waals surface area contributed by atoms with Gasteiger partial charge in [-0.15, -0.1) is 0 Å². The molecule has 2 unspecified atom stereocenters. The van der Waals surface area contributed by atoms with Gasteiger partial charge in [-0.1, -0.05) is 24.3 Å². The summed E-state index contributed by atoms with van der Waals surface area (Å²) in [6.45, 7) is 6.38. The number of ether oxygens (including phenoxy) is 2. The first-order chi connectivity index (χ1) is 22.8. The van der Waals surface area contributed by atoms with Gasteiger partial charge in [0, 0.05) is 48.8 Å². The summed E-state index contributed by atoms with van der Waals surface area (Å²) in [5.41, 5.74) is 2.05. The van der Waals surface area contributed by atoms with Gasteiger partial charge < -0.3 is 14.8 Å². The Labute approximate surface area is 289 Å². The van der Waals surface area contributed by atoms with Gasteiger partial charge >= 0.3 is 0 Å². The smallest absolute Gasteiger partial charge is 0.294 e. The van der Waals surface area contributed by atoms with Crippen molar-refractivity contribution < 1.29 is 48.4 Å². The monoisotopic (exact) mass is 740 g/mol. The highest BCUT2D eigenvalue weighted by Crippen LogP contribution is 2.46. The van der Waals surface area contributed by atoms with Crippen molar-refractivity contribution in [2.45, 2.75) is 60.7 Å². The molecule has 0 aliphatic carbocycles. The van der Waals surface area contributed by atoms with Crippen molar-refractivity contribution in [1.82, 2.24) is 0 Å². The number of allylic oxidation sites excluding steroid dienone is 6. The third-order valence-electron chi connectivity index (χ3n) is 8.62. The second-order valence-electron chi connectivity index (χ2n) is 12.1. The van der Waals surface area contributed by atoms with E-state index < -0.39 is 46.9 Å². The number of aryl methyl sites for hydroxylation is 1. The fraction of sp³-hybridized carbons (Fsp3) is 0.424. The summed E-state index contributed by atoms with van der Waals surface area (Å²) in [7, 11) is -10.2. The zero-order chi connectivity index (χ0) is 36.7. The molecule has 2 aromatic carbocycles. The number of methoxy groups -OCH3 is 2. The number of rotatable bonds is 17. The van der Waals surface area contributed by atoms with E-state index in [0.717, 1.165) is 5.70 Å². The van der Waals surface area contributed by atoms with Crippen molar-refractivity contribution in [3.05, 3.63) is 89.2 Å². The second kappa shape index (κ2) is 16.2. The minimum atomic E-state index is -4.56. The van der Waals surface area contributed by atoms with Crippen LogP contribution in [0.4, 0.5) is 5.69 Å². The van der Waals surface area contributed by atoms with Crippen molar-refractivity contribution in [2.75, 3.05) is 45.0 Å². The van der Waals surface area contributed by atoms with Crippen LogP contribution in [0.2, 0.25) is 0 Å². The van der Waals surface area contributed by atoms with Crippen LogP contribution in [-0.4, -0.2) is 84.4 Å². The Morgan fingerprint density at radius 2 is 1.55 bits per heavy atom. The van der Waals surface area contributed by atoms with E-state index in [-0.39, 0.29) is 35.8 Å². The lowest BCUT2D eigenvalue weighted by atomic mass is 9.72. The standard InChI is InChI=1S/C33H44N2O11S3/c1-24-12-13-25(48(39,40)41)22-27(24)32(2,16-9-21-47(36,37)38)30(34-18-20-46-5)10-7-6-8-11-31-33(3,17-19-45-4)28-23-26(49(42,43)44)14-15-29(28)35-31/h6-8,10-15,22-23,35H,9,16-21H2,1-5H3,(H,36,37,38)(H,39,40,41)(H,42,43,44)/b8-6+,10-7+,31-11+,34-30?. The Morgan fingerprint density at radius 1 is 0.918 bits per heavy atom. The number of hydrogen-bond acceptors (Lipinski definition) is 10. The van der Waals surface area contributed by atoms with Crippen molar-refractivity contribution in [2.24, 2.45) is 4.99 Å². The first-order valence-electron chi connectivity index (χ1n) is 15.3. The van der Waals surface area contributed by atoms with Crippen LogP contribution < -0.4 is 5.32 Å². The number of benzene rings is 2. The molecule has 1 aliphatic rings. The van der Waals surface area contributed by atoms with E-state index in [1.807, 2.05) is 13.0 Å².